The summed E-state index contributed by atoms with van der Waals surface area (Å²) >= 11 is 9.97. The Morgan fingerprint density at radius 2 is 1.44 bits per heavy atom. The first-order valence-electron chi connectivity index (χ1n) is 11.9. The molecule has 1 heterocycles. The van der Waals surface area contributed by atoms with Crippen molar-refractivity contribution in [2.24, 2.45) is 5.92 Å². The first-order chi connectivity index (χ1) is 16.6. The van der Waals surface area contributed by atoms with Gasteiger partial charge in [-0.2, -0.15) is 0 Å². The molecular weight excluding hydrogens is 512 g/mol. The lowest BCUT2D eigenvalue weighted by Crippen LogP contribution is -2.51. The van der Waals surface area contributed by atoms with E-state index < -0.39 is 0 Å². The highest BCUT2D eigenvalue weighted by Crippen LogP contribution is 2.41. The highest BCUT2D eigenvalue weighted by atomic mass is 79.9. The van der Waals surface area contributed by atoms with Gasteiger partial charge in [-0.15, -0.1) is 0 Å². The van der Waals surface area contributed by atoms with Gasteiger partial charge in [0.05, 0.1) is 25.4 Å². The summed E-state index contributed by atoms with van der Waals surface area (Å²) in [6, 6.07) is 26.7. The number of rotatable bonds is 9. The fraction of sp³-hybridized carbons (Fsp3) is 0.379. The van der Waals surface area contributed by atoms with E-state index in [0.29, 0.717) is 18.5 Å². The standard InChI is InChI=1S/C29H32BrClO3/c1-3-26-20(2)27(32-18-21-10-6-4-7-11-21)29(33-19-22-12-8-5-9-13-22)28(34-26)23-14-15-25(31)24(16-23)17-30/h4-16,20,26-29H,3,17-19H2,1-2H3/t20-,26-,27+,28+,29-/m1/s1. The Balaban J connectivity index is 1.65. The second kappa shape index (κ2) is 12.3. The molecular formula is C29H32BrClO3. The van der Waals surface area contributed by atoms with E-state index in [1.807, 2.05) is 42.5 Å². The second-order valence-electron chi connectivity index (χ2n) is 8.87. The summed E-state index contributed by atoms with van der Waals surface area (Å²) in [5.41, 5.74) is 4.39. The first kappa shape index (κ1) is 25.4. The van der Waals surface area contributed by atoms with Crippen LogP contribution < -0.4 is 0 Å². The maximum absolute atomic E-state index is 6.69. The summed E-state index contributed by atoms with van der Waals surface area (Å²) in [6.45, 7) is 5.42. The molecule has 180 valence electrons. The smallest absolute Gasteiger partial charge is 0.115 e. The molecule has 0 saturated carbocycles. The lowest BCUT2D eigenvalue weighted by Gasteiger charge is -2.46. The third-order valence-electron chi connectivity index (χ3n) is 6.56. The van der Waals surface area contributed by atoms with Gasteiger partial charge in [-0.3, -0.25) is 0 Å². The molecule has 0 aliphatic carbocycles. The number of hydrogen-bond donors (Lipinski definition) is 0. The molecule has 0 N–H and O–H groups in total. The van der Waals surface area contributed by atoms with Gasteiger partial charge >= 0.3 is 0 Å². The van der Waals surface area contributed by atoms with Crippen LogP contribution in [0.1, 0.15) is 48.6 Å². The maximum atomic E-state index is 6.69. The Morgan fingerprint density at radius 3 is 2.00 bits per heavy atom. The normalized spacial score (nSPS) is 24.8. The first-order valence-corrected chi connectivity index (χ1v) is 13.4. The quantitative estimate of drug-likeness (QED) is 0.257. The molecule has 4 rings (SSSR count). The van der Waals surface area contributed by atoms with Crippen LogP contribution in [0.5, 0.6) is 0 Å². The van der Waals surface area contributed by atoms with Gasteiger partial charge in [-0.1, -0.05) is 114 Å². The van der Waals surface area contributed by atoms with E-state index in [1.165, 1.54) is 0 Å². The average molecular weight is 544 g/mol. The minimum Gasteiger partial charge on any atom is -0.370 e. The third kappa shape index (κ3) is 6.10. The summed E-state index contributed by atoms with van der Waals surface area (Å²) in [7, 11) is 0. The minimum absolute atomic E-state index is 0.0745. The van der Waals surface area contributed by atoms with Gasteiger partial charge in [-0.05, 0) is 34.7 Å². The van der Waals surface area contributed by atoms with Gasteiger partial charge in [0, 0.05) is 16.3 Å². The topological polar surface area (TPSA) is 27.7 Å². The van der Waals surface area contributed by atoms with Crippen LogP contribution in [0.3, 0.4) is 0 Å². The van der Waals surface area contributed by atoms with Crippen molar-refractivity contribution in [3.8, 4) is 0 Å². The molecule has 0 bridgehead atoms. The van der Waals surface area contributed by atoms with Crippen LogP contribution in [0.4, 0.5) is 0 Å². The molecule has 3 aromatic carbocycles. The lowest BCUT2D eigenvalue weighted by molar-refractivity contribution is -0.234. The Bertz CT molecular complexity index is 1030. The minimum atomic E-state index is -0.258. The van der Waals surface area contributed by atoms with E-state index >= 15 is 0 Å². The number of benzene rings is 3. The summed E-state index contributed by atoms with van der Waals surface area (Å²) in [5, 5.41) is 1.43. The molecule has 1 fully saturated rings. The average Bonchev–Trinajstić information content (AvgIpc) is 2.88. The van der Waals surface area contributed by atoms with Crippen LogP contribution in [0, 0.1) is 5.92 Å². The molecule has 3 nitrogen and oxygen atoms in total. The van der Waals surface area contributed by atoms with Crippen LogP contribution in [0.25, 0.3) is 0 Å². The Kier molecular flexibility index (Phi) is 9.21. The van der Waals surface area contributed by atoms with Gasteiger partial charge in [-0.25, -0.2) is 0 Å². The van der Waals surface area contributed by atoms with Crippen molar-refractivity contribution in [3.05, 3.63) is 106 Å². The highest BCUT2D eigenvalue weighted by Gasteiger charge is 2.45. The molecule has 0 unspecified atom stereocenters. The Morgan fingerprint density at radius 1 is 0.853 bits per heavy atom. The third-order valence-corrected chi connectivity index (χ3v) is 7.54. The fourth-order valence-corrected chi connectivity index (χ4v) is 5.45. The van der Waals surface area contributed by atoms with Gasteiger partial charge in [0.1, 0.15) is 12.2 Å². The molecule has 0 spiro atoms. The van der Waals surface area contributed by atoms with E-state index in [1.54, 1.807) is 0 Å². The second-order valence-corrected chi connectivity index (χ2v) is 9.84. The van der Waals surface area contributed by atoms with E-state index in [4.69, 9.17) is 25.8 Å². The molecule has 5 heteroatoms. The largest absolute Gasteiger partial charge is 0.370 e. The molecule has 0 aromatic heterocycles. The van der Waals surface area contributed by atoms with Crippen LogP contribution >= 0.6 is 27.5 Å². The zero-order chi connectivity index (χ0) is 23.9. The van der Waals surface area contributed by atoms with Crippen LogP contribution in [-0.4, -0.2) is 18.3 Å². The Labute approximate surface area is 216 Å². The van der Waals surface area contributed by atoms with E-state index in [-0.39, 0.29) is 30.3 Å². The summed E-state index contributed by atoms with van der Waals surface area (Å²) < 4.78 is 19.9. The van der Waals surface area contributed by atoms with Crippen molar-refractivity contribution in [1.82, 2.24) is 0 Å². The van der Waals surface area contributed by atoms with Gasteiger partial charge < -0.3 is 14.2 Å². The van der Waals surface area contributed by atoms with Crippen LogP contribution in [0.2, 0.25) is 5.02 Å². The molecule has 5 atom stereocenters. The highest BCUT2D eigenvalue weighted by molar-refractivity contribution is 9.08. The zero-order valence-corrected chi connectivity index (χ0v) is 22.0. The molecule has 0 radical (unpaired) electrons. The fourth-order valence-electron chi connectivity index (χ4n) is 4.65. The van der Waals surface area contributed by atoms with Crippen molar-refractivity contribution < 1.29 is 14.2 Å². The lowest BCUT2D eigenvalue weighted by atomic mass is 9.84. The van der Waals surface area contributed by atoms with Gasteiger partial charge in [0.25, 0.3) is 0 Å². The molecule has 34 heavy (non-hydrogen) atoms. The molecule has 1 saturated heterocycles. The molecule has 1 aliphatic rings. The summed E-state index contributed by atoms with van der Waals surface area (Å²) in [4.78, 5) is 0. The summed E-state index contributed by atoms with van der Waals surface area (Å²) in [6.07, 6.45) is 0.362. The predicted molar refractivity (Wildman–Crippen MR) is 141 cm³/mol. The number of hydrogen-bond acceptors (Lipinski definition) is 3. The number of ether oxygens (including phenoxy) is 3. The molecule has 3 aromatic rings. The predicted octanol–water partition coefficient (Wildman–Crippen LogP) is 7.89. The van der Waals surface area contributed by atoms with E-state index in [0.717, 1.165) is 33.7 Å². The van der Waals surface area contributed by atoms with Gasteiger partial charge in [0.15, 0.2) is 0 Å². The van der Waals surface area contributed by atoms with Crippen LogP contribution in [0.15, 0.2) is 78.9 Å². The van der Waals surface area contributed by atoms with Crippen molar-refractivity contribution >= 4 is 27.5 Å². The van der Waals surface area contributed by atoms with Gasteiger partial charge in [0.2, 0.25) is 0 Å². The number of halogens is 2. The summed E-state index contributed by atoms with van der Waals surface area (Å²) in [5.74, 6) is 0.189. The monoisotopic (exact) mass is 542 g/mol. The van der Waals surface area contributed by atoms with Crippen LogP contribution in [-0.2, 0) is 32.8 Å². The number of alkyl halides is 1. The van der Waals surface area contributed by atoms with Crippen molar-refractivity contribution in [3.63, 3.8) is 0 Å². The molecule has 0 amide bonds. The zero-order valence-electron chi connectivity index (χ0n) is 19.7. The van der Waals surface area contributed by atoms with E-state index in [2.05, 4.69) is 66.2 Å². The SMILES string of the molecule is CC[C@H]1O[C@@H](c2ccc(Cl)c(CBr)c2)[C@H](OCc2ccccc2)[C@@H](OCc2ccccc2)[C@@H]1C. The van der Waals surface area contributed by atoms with E-state index in [9.17, 15) is 0 Å². The Hall–Kier alpha value is -1.69. The van der Waals surface area contributed by atoms with Crippen molar-refractivity contribution in [2.75, 3.05) is 0 Å². The van der Waals surface area contributed by atoms with Crippen molar-refractivity contribution in [1.29, 1.82) is 0 Å². The van der Waals surface area contributed by atoms with Crippen molar-refractivity contribution in [2.45, 2.75) is 63.2 Å². The molecule has 1 aliphatic heterocycles. The maximum Gasteiger partial charge on any atom is 0.115 e.